The highest BCUT2D eigenvalue weighted by molar-refractivity contribution is 5.78. The number of hydrogen-bond acceptors (Lipinski definition) is 5. The molecule has 0 unspecified atom stereocenters. The maximum absolute atomic E-state index is 12.4. The van der Waals surface area contributed by atoms with E-state index in [1.165, 1.54) is 4.90 Å². The van der Waals surface area contributed by atoms with Gasteiger partial charge in [0.1, 0.15) is 17.7 Å². The third-order valence-electron chi connectivity index (χ3n) is 3.27. The molecule has 0 saturated carbocycles. The first-order chi connectivity index (χ1) is 10.5. The van der Waals surface area contributed by atoms with E-state index in [1.54, 1.807) is 0 Å². The number of nitrogens with one attached hydrogen (secondary N) is 1. The van der Waals surface area contributed by atoms with Crippen LogP contribution < -0.4 is 5.32 Å². The van der Waals surface area contributed by atoms with Gasteiger partial charge < -0.3 is 14.8 Å². The molecule has 1 heterocycles. The van der Waals surface area contributed by atoms with Crippen molar-refractivity contribution in [1.82, 2.24) is 10.2 Å². The second kappa shape index (κ2) is 7.99. The number of carbonyl (C=O) groups is 2. The predicted octanol–water partition coefficient (Wildman–Crippen LogP) is 2.56. The van der Waals surface area contributed by atoms with Crippen LogP contribution in [-0.4, -0.2) is 54.3 Å². The molecule has 0 aromatic rings. The van der Waals surface area contributed by atoms with E-state index in [9.17, 15) is 9.59 Å². The van der Waals surface area contributed by atoms with Crippen LogP contribution in [0.2, 0.25) is 0 Å². The fraction of sp³-hybridized carbons (Fsp3) is 0.882. The van der Waals surface area contributed by atoms with E-state index in [1.807, 2.05) is 41.5 Å². The number of hydrogen-bond donors (Lipinski definition) is 1. The van der Waals surface area contributed by atoms with Gasteiger partial charge in [0.25, 0.3) is 0 Å². The van der Waals surface area contributed by atoms with Crippen molar-refractivity contribution in [3.8, 4) is 0 Å². The molecule has 1 saturated heterocycles. The van der Waals surface area contributed by atoms with Crippen LogP contribution in [-0.2, 0) is 14.3 Å². The molecule has 23 heavy (non-hydrogen) atoms. The van der Waals surface area contributed by atoms with Crippen molar-refractivity contribution in [2.75, 3.05) is 26.2 Å². The van der Waals surface area contributed by atoms with Gasteiger partial charge in [0.15, 0.2) is 0 Å². The van der Waals surface area contributed by atoms with E-state index in [4.69, 9.17) is 9.47 Å². The first kappa shape index (κ1) is 19.7. The number of nitrogens with zero attached hydrogens (tertiary/aromatic N) is 1. The highest BCUT2D eigenvalue weighted by Crippen LogP contribution is 2.16. The Bertz CT molecular complexity index is 404. The Morgan fingerprint density at radius 2 is 1.70 bits per heavy atom. The van der Waals surface area contributed by atoms with E-state index in [0.29, 0.717) is 12.5 Å². The lowest BCUT2D eigenvalue weighted by Crippen LogP contribution is -2.46. The first-order valence-corrected chi connectivity index (χ1v) is 8.37. The van der Waals surface area contributed by atoms with Crippen LogP contribution >= 0.6 is 0 Å². The van der Waals surface area contributed by atoms with Crippen LogP contribution in [0.25, 0.3) is 0 Å². The van der Waals surface area contributed by atoms with E-state index in [-0.39, 0.29) is 6.54 Å². The van der Waals surface area contributed by atoms with Gasteiger partial charge in [-0.25, -0.2) is 4.79 Å². The van der Waals surface area contributed by atoms with Gasteiger partial charge in [-0.15, -0.1) is 0 Å². The molecule has 1 rings (SSSR count). The molecule has 134 valence electrons. The summed E-state index contributed by atoms with van der Waals surface area (Å²) in [5.74, 6) is -0.0779. The van der Waals surface area contributed by atoms with Gasteiger partial charge in [-0.2, -0.15) is 0 Å². The maximum Gasteiger partial charge on any atom is 0.410 e. The van der Waals surface area contributed by atoms with Gasteiger partial charge in [-0.1, -0.05) is 0 Å². The van der Waals surface area contributed by atoms with Crippen molar-refractivity contribution in [2.24, 2.45) is 5.92 Å². The Morgan fingerprint density at radius 1 is 1.09 bits per heavy atom. The third kappa shape index (κ3) is 8.79. The normalized spacial score (nSPS) is 19.1. The molecule has 1 fully saturated rings. The van der Waals surface area contributed by atoms with Crippen LogP contribution in [0, 0.1) is 5.92 Å². The molecule has 0 aromatic carbocycles. The summed E-state index contributed by atoms with van der Waals surface area (Å²) in [6.45, 7) is 13.2. The summed E-state index contributed by atoms with van der Waals surface area (Å²) in [4.78, 5) is 26.0. The summed E-state index contributed by atoms with van der Waals surface area (Å²) in [6, 6.07) is 0. The second-order valence-corrected chi connectivity index (χ2v) is 8.16. The Labute approximate surface area is 139 Å². The fourth-order valence-electron chi connectivity index (χ4n) is 2.45. The number of ether oxygens (including phenoxy) is 2. The third-order valence-corrected chi connectivity index (χ3v) is 3.27. The van der Waals surface area contributed by atoms with E-state index < -0.39 is 23.3 Å². The Balaban J connectivity index is 2.70. The quantitative estimate of drug-likeness (QED) is 0.803. The molecule has 6 nitrogen and oxygen atoms in total. The molecular formula is C17H32N2O4. The Kier molecular flexibility index (Phi) is 6.86. The average Bonchev–Trinajstić information content (AvgIpc) is 2.34. The van der Waals surface area contributed by atoms with Gasteiger partial charge in [0, 0.05) is 6.54 Å². The van der Waals surface area contributed by atoms with Gasteiger partial charge in [0.05, 0.1) is 0 Å². The van der Waals surface area contributed by atoms with Crippen LogP contribution in [0.15, 0.2) is 0 Å². The summed E-state index contributed by atoms with van der Waals surface area (Å²) in [5, 5.41) is 3.32. The average molecular weight is 328 g/mol. The maximum atomic E-state index is 12.4. The first-order valence-electron chi connectivity index (χ1n) is 8.37. The summed E-state index contributed by atoms with van der Waals surface area (Å²) in [6.07, 6.45) is 1.66. The lowest BCUT2D eigenvalue weighted by molar-refractivity contribution is -0.156. The lowest BCUT2D eigenvalue weighted by Gasteiger charge is -2.32. The fourth-order valence-corrected chi connectivity index (χ4v) is 2.45. The van der Waals surface area contributed by atoms with Crippen molar-refractivity contribution in [1.29, 1.82) is 0 Å². The number of piperidine rings is 1. The molecule has 0 spiro atoms. The standard InChI is InChI=1S/C17H32N2O4/c1-16(2,3)22-14(20)12-19(15(21)23-17(4,5)6)11-13-8-7-9-18-10-13/h13,18H,7-12H2,1-6H3/t13-/m0/s1. The monoisotopic (exact) mass is 328 g/mol. The van der Waals surface area contributed by atoms with Gasteiger partial charge >= 0.3 is 12.1 Å². The zero-order chi connectivity index (χ0) is 17.7. The molecular weight excluding hydrogens is 296 g/mol. The molecule has 0 aliphatic carbocycles. The number of rotatable bonds is 4. The van der Waals surface area contributed by atoms with Crippen molar-refractivity contribution in [3.63, 3.8) is 0 Å². The topological polar surface area (TPSA) is 67.9 Å². The molecule has 1 aliphatic heterocycles. The Morgan fingerprint density at radius 3 is 2.17 bits per heavy atom. The van der Waals surface area contributed by atoms with E-state index in [2.05, 4.69) is 5.32 Å². The number of amides is 1. The van der Waals surface area contributed by atoms with Gasteiger partial charge in [-0.05, 0) is 73.4 Å². The summed E-state index contributed by atoms with van der Waals surface area (Å²) in [5.41, 5.74) is -1.16. The molecule has 1 aliphatic rings. The van der Waals surface area contributed by atoms with Crippen molar-refractivity contribution in [2.45, 2.75) is 65.6 Å². The predicted molar refractivity (Wildman–Crippen MR) is 89.2 cm³/mol. The van der Waals surface area contributed by atoms with E-state index in [0.717, 1.165) is 25.9 Å². The highest BCUT2D eigenvalue weighted by Gasteiger charge is 2.28. The lowest BCUT2D eigenvalue weighted by atomic mass is 9.99. The Hall–Kier alpha value is -1.30. The van der Waals surface area contributed by atoms with Crippen LogP contribution in [0.1, 0.15) is 54.4 Å². The minimum atomic E-state index is -0.589. The van der Waals surface area contributed by atoms with E-state index >= 15 is 0 Å². The highest BCUT2D eigenvalue weighted by atomic mass is 16.6. The minimum absolute atomic E-state index is 0.0807. The summed E-state index contributed by atoms with van der Waals surface area (Å²) >= 11 is 0. The minimum Gasteiger partial charge on any atom is -0.459 e. The van der Waals surface area contributed by atoms with Crippen molar-refractivity contribution in [3.05, 3.63) is 0 Å². The zero-order valence-corrected chi connectivity index (χ0v) is 15.4. The van der Waals surface area contributed by atoms with Gasteiger partial charge in [-0.3, -0.25) is 9.69 Å². The molecule has 0 aromatic heterocycles. The molecule has 1 N–H and O–H groups in total. The summed E-state index contributed by atoms with van der Waals surface area (Å²) < 4.78 is 10.8. The molecule has 1 amide bonds. The van der Waals surface area contributed by atoms with Crippen molar-refractivity contribution < 1.29 is 19.1 Å². The largest absolute Gasteiger partial charge is 0.459 e. The van der Waals surface area contributed by atoms with Crippen LogP contribution in [0.5, 0.6) is 0 Å². The van der Waals surface area contributed by atoms with Crippen LogP contribution in [0.3, 0.4) is 0 Å². The molecule has 0 bridgehead atoms. The summed E-state index contributed by atoms with van der Waals surface area (Å²) in [7, 11) is 0. The van der Waals surface area contributed by atoms with Crippen molar-refractivity contribution >= 4 is 12.1 Å². The van der Waals surface area contributed by atoms with Crippen LogP contribution in [0.4, 0.5) is 4.79 Å². The SMILES string of the molecule is CC(C)(C)OC(=O)CN(C[C@H]1CCCNC1)C(=O)OC(C)(C)C. The number of carbonyl (C=O) groups excluding carboxylic acids is 2. The molecule has 6 heteroatoms. The van der Waals surface area contributed by atoms with Gasteiger partial charge in [0.2, 0.25) is 0 Å². The smallest absolute Gasteiger partial charge is 0.410 e. The molecule has 0 radical (unpaired) electrons. The number of esters is 1. The second-order valence-electron chi connectivity index (χ2n) is 8.16. The molecule has 1 atom stereocenters. The zero-order valence-electron chi connectivity index (χ0n) is 15.4.